The van der Waals surface area contributed by atoms with Crippen LogP contribution in [0.4, 0.5) is 5.82 Å². The maximum absolute atomic E-state index is 11.8. The topological polar surface area (TPSA) is 69.8 Å². The second-order valence-corrected chi connectivity index (χ2v) is 3.97. The summed E-state index contributed by atoms with van der Waals surface area (Å²) in [6, 6.07) is 1.83. The van der Waals surface area contributed by atoms with E-state index in [0.29, 0.717) is 5.82 Å². The summed E-state index contributed by atoms with van der Waals surface area (Å²) >= 11 is 0. The average molecular weight is 245 g/mol. The molecule has 2 heterocycles. The molecule has 0 aliphatic carbocycles. The van der Waals surface area contributed by atoms with Crippen LogP contribution in [0.1, 0.15) is 18.5 Å². The molecule has 1 amide bonds. The number of H-pyrrole nitrogens is 1. The minimum Gasteiger partial charge on any atom is -0.316 e. The van der Waals surface area contributed by atoms with Gasteiger partial charge in [-0.1, -0.05) is 0 Å². The average Bonchev–Trinajstić information content (AvgIpc) is 2.65. The van der Waals surface area contributed by atoms with Crippen molar-refractivity contribution < 1.29 is 4.79 Å². The van der Waals surface area contributed by atoms with E-state index in [9.17, 15) is 4.79 Å². The van der Waals surface area contributed by atoms with Crippen LogP contribution in [-0.2, 0) is 4.79 Å². The molecular weight excluding hydrogens is 228 g/mol. The van der Waals surface area contributed by atoms with Crippen molar-refractivity contribution in [3.05, 3.63) is 11.8 Å². The third kappa shape index (κ3) is 3.21. The first-order valence-corrected chi connectivity index (χ1v) is 5.29. The predicted molar refractivity (Wildman–Crippen MR) is 64.8 cm³/mol. The molecule has 1 fully saturated rings. The van der Waals surface area contributed by atoms with Crippen LogP contribution in [0.15, 0.2) is 6.07 Å². The number of nitrogens with one attached hydrogen (secondary N) is 3. The molecular formula is C10H17ClN4O. The Morgan fingerprint density at radius 3 is 3.00 bits per heavy atom. The highest BCUT2D eigenvalue weighted by Crippen LogP contribution is 2.13. The number of rotatable bonds is 2. The SMILES string of the molecule is Cc1cc(NC(=O)[C@@H]2CCCNC2)n[nH]1.Cl. The molecule has 16 heavy (non-hydrogen) atoms. The summed E-state index contributed by atoms with van der Waals surface area (Å²) in [6.07, 6.45) is 2.03. The number of carbonyl (C=O) groups is 1. The Bertz CT molecular complexity index is 346. The normalized spacial score (nSPS) is 19.9. The fraction of sp³-hybridized carbons (Fsp3) is 0.600. The number of halogens is 1. The van der Waals surface area contributed by atoms with Crippen LogP contribution in [0.25, 0.3) is 0 Å². The third-order valence-electron chi connectivity index (χ3n) is 2.62. The Hall–Kier alpha value is -1.07. The number of anilines is 1. The molecule has 0 spiro atoms. The molecule has 90 valence electrons. The zero-order valence-electron chi connectivity index (χ0n) is 9.25. The summed E-state index contributed by atoms with van der Waals surface area (Å²) in [5, 5.41) is 12.8. The van der Waals surface area contributed by atoms with Crippen LogP contribution >= 0.6 is 12.4 Å². The third-order valence-corrected chi connectivity index (χ3v) is 2.62. The summed E-state index contributed by atoms with van der Waals surface area (Å²) in [4.78, 5) is 11.8. The highest BCUT2D eigenvalue weighted by atomic mass is 35.5. The van der Waals surface area contributed by atoms with Gasteiger partial charge in [-0.2, -0.15) is 5.10 Å². The van der Waals surface area contributed by atoms with E-state index in [1.165, 1.54) is 0 Å². The number of hydrogen-bond acceptors (Lipinski definition) is 3. The quantitative estimate of drug-likeness (QED) is 0.729. The second kappa shape index (κ2) is 5.86. The van der Waals surface area contributed by atoms with Crippen molar-refractivity contribution in [2.75, 3.05) is 18.4 Å². The minimum atomic E-state index is 0. The van der Waals surface area contributed by atoms with Gasteiger partial charge in [-0.15, -0.1) is 12.4 Å². The van der Waals surface area contributed by atoms with Crippen molar-refractivity contribution in [1.82, 2.24) is 15.5 Å². The van der Waals surface area contributed by atoms with Crippen molar-refractivity contribution >= 4 is 24.1 Å². The largest absolute Gasteiger partial charge is 0.316 e. The van der Waals surface area contributed by atoms with Crippen molar-refractivity contribution in [1.29, 1.82) is 0 Å². The molecule has 1 aliphatic heterocycles. The number of aromatic nitrogens is 2. The molecule has 0 bridgehead atoms. The first-order valence-electron chi connectivity index (χ1n) is 5.29. The molecule has 0 aromatic carbocycles. The fourth-order valence-electron chi connectivity index (χ4n) is 1.79. The molecule has 0 radical (unpaired) electrons. The van der Waals surface area contributed by atoms with Crippen molar-refractivity contribution in [2.45, 2.75) is 19.8 Å². The van der Waals surface area contributed by atoms with Gasteiger partial charge >= 0.3 is 0 Å². The van der Waals surface area contributed by atoms with E-state index in [1.54, 1.807) is 0 Å². The maximum Gasteiger partial charge on any atom is 0.229 e. The summed E-state index contributed by atoms with van der Waals surface area (Å²) in [5.74, 6) is 0.757. The molecule has 6 heteroatoms. The number of aromatic amines is 1. The smallest absolute Gasteiger partial charge is 0.229 e. The summed E-state index contributed by atoms with van der Waals surface area (Å²) in [7, 11) is 0. The number of piperidine rings is 1. The second-order valence-electron chi connectivity index (χ2n) is 3.97. The zero-order valence-corrected chi connectivity index (χ0v) is 10.1. The lowest BCUT2D eigenvalue weighted by molar-refractivity contribution is -0.120. The zero-order chi connectivity index (χ0) is 10.7. The number of amides is 1. The molecule has 1 aliphatic rings. The Morgan fingerprint density at radius 2 is 2.44 bits per heavy atom. The first kappa shape index (κ1) is 13.0. The predicted octanol–water partition coefficient (Wildman–Crippen LogP) is 1.08. The first-order chi connectivity index (χ1) is 7.25. The number of aryl methyl sites for hydroxylation is 1. The van der Waals surface area contributed by atoms with E-state index >= 15 is 0 Å². The summed E-state index contributed by atoms with van der Waals surface area (Å²) in [5.41, 5.74) is 0.951. The van der Waals surface area contributed by atoms with Crippen LogP contribution < -0.4 is 10.6 Å². The Morgan fingerprint density at radius 1 is 1.62 bits per heavy atom. The lowest BCUT2D eigenvalue weighted by Gasteiger charge is -2.21. The van der Waals surface area contributed by atoms with E-state index in [1.807, 2.05) is 13.0 Å². The highest BCUT2D eigenvalue weighted by Gasteiger charge is 2.21. The minimum absolute atomic E-state index is 0. The Balaban J connectivity index is 0.00000128. The lowest BCUT2D eigenvalue weighted by Crippen LogP contribution is -2.37. The molecule has 1 aromatic heterocycles. The Kier molecular flexibility index (Phi) is 4.76. The summed E-state index contributed by atoms with van der Waals surface area (Å²) < 4.78 is 0. The highest BCUT2D eigenvalue weighted by molar-refractivity contribution is 5.91. The molecule has 1 aromatic rings. The molecule has 0 unspecified atom stereocenters. The molecule has 1 saturated heterocycles. The van der Waals surface area contributed by atoms with Gasteiger partial charge < -0.3 is 10.6 Å². The van der Waals surface area contributed by atoms with Gasteiger partial charge in [0.05, 0.1) is 5.92 Å². The van der Waals surface area contributed by atoms with Gasteiger partial charge in [0.2, 0.25) is 5.91 Å². The molecule has 5 nitrogen and oxygen atoms in total. The Labute approximate surface area is 101 Å². The van der Waals surface area contributed by atoms with Gasteiger partial charge in [0, 0.05) is 18.3 Å². The van der Waals surface area contributed by atoms with E-state index < -0.39 is 0 Å². The van der Waals surface area contributed by atoms with Gasteiger partial charge in [0.25, 0.3) is 0 Å². The van der Waals surface area contributed by atoms with Crippen LogP contribution in [0.5, 0.6) is 0 Å². The van der Waals surface area contributed by atoms with Gasteiger partial charge in [0.15, 0.2) is 5.82 Å². The van der Waals surface area contributed by atoms with Crippen molar-refractivity contribution in [3.8, 4) is 0 Å². The number of nitrogens with zero attached hydrogens (tertiary/aromatic N) is 1. The van der Waals surface area contributed by atoms with Gasteiger partial charge in [-0.3, -0.25) is 9.89 Å². The van der Waals surface area contributed by atoms with Gasteiger partial charge in [0.1, 0.15) is 0 Å². The summed E-state index contributed by atoms with van der Waals surface area (Å²) in [6.45, 7) is 3.70. The van der Waals surface area contributed by atoms with Crippen molar-refractivity contribution in [2.24, 2.45) is 5.92 Å². The maximum atomic E-state index is 11.8. The molecule has 0 saturated carbocycles. The van der Waals surface area contributed by atoms with Gasteiger partial charge in [-0.05, 0) is 26.3 Å². The number of hydrogen-bond donors (Lipinski definition) is 3. The van der Waals surface area contributed by atoms with Crippen LogP contribution in [-0.4, -0.2) is 29.2 Å². The van der Waals surface area contributed by atoms with Crippen LogP contribution in [0.2, 0.25) is 0 Å². The van der Waals surface area contributed by atoms with Crippen LogP contribution in [0.3, 0.4) is 0 Å². The van der Waals surface area contributed by atoms with E-state index in [-0.39, 0.29) is 24.2 Å². The van der Waals surface area contributed by atoms with Gasteiger partial charge in [-0.25, -0.2) is 0 Å². The van der Waals surface area contributed by atoms with E-state index in [2.05, 4.69) is 20.8 Å². The molecule has 2 rings (SSSR count). The van der Waals surface area contributed by atoms with E-state index in [4.69, 9.17) is 0 Å². The molecule has 1 atom stereocenters. The van der Waals surface area contributed by atoms with Crippen molar-refractivity contribution in [3.63, 3.8) is 0 Å². The number of carbonyl (C=O) groups excluding carboxylic acids is 1. The van der Waals surface area contributed by atoms with E-state index in [0.717, 1.165) is 31.6 Å². The fourth-order valence-corrected chi connectivity index (χ4v) is 1.79. The lowest BCUT2D eigenvalue weighted by atomic mass is 9.99. The molecule has 3 N–H and O–H groups in total. The van der Waals surface area contributed by atoms with Crippen LogP contribution in [0, 0.1) is 12.8 Å². The monoisotopic (exact) mass is 244 g/mol. The standard InChI is InChI=1S/C10H16N4O.ClH/c1-7-5-9(14-13-7)12-10(15)8-3-2-4-11-6-8;/h5,8,11H,2-4,6H2,1H3,(H2,12,13,14,15);1H/t8-;/m1./s1.